The number of esters is 1. The highest BCUT2D eigenvalue weighted by molar-refractivity contribution is 6.61. The molecule has 0 radical (unpaired) electrons. The van der Waals surface area contributed by atoms with Gasteiger partial charge in [-0.2, -0.15) is 0 Å². The molecule has 2 aliphatic heterocycles. The summed E-state index contributed by atoms with van der Waals surface area (Å²) in [7, 11) is -0.450. The van der Waals surface area contributed by atoms with Gasteiger partial charge in [-0.3, -0.25) is 4.79 Å². The molecule has 1 aromatic rings. The number of aromatic nitrogens is 2. The summed E-state index contributed by atoms with van der Waals surface area (Å²) in [5.41, 5.74) is -0.365. The number of rotatable bonds is 4. The molecule has 0 bridgehead atoms. The third-order valence-corrected chi connectivity index (χ3v) is 5.96. The summed E-state index contributed by atoms with van der Waals surface area (Å²) in [4.78, 5) is 23.3. The van der Waals surface area contributed by atoms with E-state index in [4.69, 9.17) is 14.0 Å². The van der Waals surface area contributed by atoms with Gasteiger partial charge in [-0.25, -0.2) is 9.97 Å². The van der Waals surface area contributed by atoms with E-state index in [1.807, 2.05) is 48.5 Å². The van der Waals surface area contributed by atoms with Crippen LogP contribution in [-0.4, -0.2) is 52.9 Å². The van der Waals surface area contributed by atoms with Crippen molar-refractivity contribution < 1.29 is 18.8 Å². The van der Waals surface area contributed by atoms with Gasteiger partial charge < -0.3 is 18.9 Å². The summed E-state index contributed by atoms with van der Waals surface area (Å²) >= 11 is 0. The smallest absolute Gasteiger partial charge is 0.460 e. The average Bonchev–Trinajstić information content (AvgIpc) is 2.82. The van der Waals surface area contributed by atoms with E-state index in [-0.39, 0.29) is 17.2 Å². The topological polar surface area (TPSA) is 73.8 Å². The predicted octanol–water partition coefficient (Wildman–Crippen LogP) is 2.72. The number of anilines is 1. The lowest BCUT2D eigenvalue weighted by Crippen LogP contribution is -2.41. The van der Waals surface area contributed by atoms with E-state index in [0.29, 0.717) is 18.3 Å². The van der Waals surface area contributed by atoms with Gasteiger partial charge in [-0.05, 0) is 67.2 Å². The molecule has 0 N–H and O–H groups in total. The zero-order valence-corrected chi connectivity index (χ0v) is 18.8. The predicted molar refractivity (Wildman–Crippen MR) is 113 cm³/mol. The number of hydrogen-bond acceptors (Lipinski definition) is 7. The van der Waals surface area contributed by atoms with Gasteiger partial charge in [-0.1, -0.05) is 0 Å². The van der Waals surface area contributed by atoms with Crippen LogP contribution in [0.2, 0.25) is 0 Å². The second-order valence-electron chi connectivity index (χ2n) is 10.1. The van der Waals surface area contributed by atoms with Crippen LogP contribution in [0.25, 0.3) is 0 Å². The van der Waals surface area contributed by atoms with Crippen molar-refractivity contribution in [3.05, 3.63) is 12.4 Å². The van der Waals surface area contributed by atoms with Crippen molar-refractivity contribution in [2.75, 3.05) is 18.0 Å². The summed E-state index contributed by atoms with van der Waals surface area (Å²) in [6, 6.07) is 0. The van der Waals surface area contributed by atoms with Crippen LogP contribution in [0.1, 0.15) is 67.7 Å². The van der Waals surface area contributed by atoms with Crippen molar-refractivity contribution in [1.29, 1.82) is 0 Å². The summed E-state index contributed by atoms with van der Waals surface area (Å²) in [5, 5.41) is 0. The Balaban J connectivity index is 1.53. The van der Waals surface area contributed by atoms with Gasteiger partial charge in [0.15, 0.2) is 0 Å². The quantitative estimate of drug-likeness (QED) is 0.565. The van der Waals surface area contributed by atoms with Gasteiger partial charge in [0.2, 0.25) is 5.95 Å². The average molecular weight is 403 g/mol. The molecule has 2 fully saturated rings. The molecule has 7 nitrogen and oxygen atoms in total. The number of carbonyl (C=O) groups is 1. The Hall–Kier alpha value is -1.67. The van der Waals surface area contributed by atoms with E-state index in [1.54, 1.807) is 12.4 Å². The van der Waals surface area contributed by atoms with Crippen molar-refractivity contribution in [1.82, 2.24) is 9.97 Å². The maximum atomic E-state index is 12.0. The number of nitrogens with zero attached hydrogens (tertiary/aromatic N) is 3. The second-order valence-corrected chi connectivity index (χ2v) is 10.1. The van der Waals surface area contributed by atoms with Crippen molar-refractivity contribution in [3.63, 3.8) is 0 Å². The Morgan fingerprint density at radius 3 is 2.14 bits per heavy atom. The van der Waals surface area contributed by atoms with Crippen molar-refractivity contribution in [3.8, 4) is 0 Å². The Kier molecular flexibility index (Phi) is 5.98. The molecule has 0 amide bonds. The molecule has 0 atom stereocenters. The molecule has 0 spiro atoms. The minimum absolute atomic E-state index is 0.112. The van der Waals surface area contributed by atoms with Crippen LogP contribution in [0.5, 0.6) is 0 Å². The highest BCUT2D eigenvalue weighted by Crippen LogP contribution is 2.36. The molecule has 0 unspecified atom stereocenters. The van der Waals surface area contributed by atoms with Gasteiger partial charge >= 0.3 is 13.1 Å². The van der Waals surface area contributed by atoms with Crippen LogP contribution >= 0.6 is 0 Å². The molecule has 2 saturated heterocycles. The minimum atomic E-state index is -0.450. The van der Waals surface area contributed by atoms with E-state index in [1.165, 1.54) is 0 Å². The lowest BCUT2D eigenvalue weighted by molar-refractivity contribution is -0.156. The molecule has 0 aromatic carbocycles. The minimum Gasteiger partial charge on any atom is -0.460 e. The van der Waals surface area contributed by atoms with Gasteiger partial charge in [0.1, 0.15) is 5.60 Å². The van der Waals surface area contributed by atoms with E-state index >= 15 is 0 Å². The highest BCUT2D eigenvalue weighted by Gasteiger charge is 2.52. The third kappa shape index (κ3) is 5.28. The van der Waals surface area contributed by atoms with Gasteiger partial charge in [-0.15, -0.1) is 0 Å². The lowest BCUT2D eigenvalue weighted by atomic mass is 9.81. The Labute approximate surface area is 174 Å². The SMILES string of the molecule is CC(C)(C)OC(=O)CC1CCN(c2ncc(B3OC(C)(C)C(C)(C)O3)cn2)CC1. The first-order chi connectivity index (χ1) is 13.4. The fourth-order valence-electron chi connectivity index (χ4n) is 3.55. The molecule has 1 aromatic heterocycles. The van der Waals surface area contributed by atoms with Crippen LogP contribution < -0.4 is 10.4 Å². The van der Waals surface area contributed by atoms with E-state index in [9.17, 15) is 4.79 Å². The van der Waals surface area contributed by atoms with E-state index < -0.39 is 12.7 Å². The van der Waals surface area contributed by atoms with Crippen LogP contribution in [0.4, 0.5) is 5.95 Å². The zero-order valence-electron chi connectivity index (χ0n) is 18.8. The Morgan fingerprint density at radius 1 is 1.14 bits per heavy atom. The van der Waals surface area contributed by atoms with E-state index in [2.05, 4.69) is 14.9 Å². The molecule has 0 saturated carbocycles. The van der Waals surface area contributed by atoms with Crippen molar-refractivity contribution in [2.45, 2.75) is 84.5 Å². The molecule has 3 heterocycles. The first-order valence-electron chi connectivity index (χ1n) is 10.5. The molecule has 0 aliphatic carbocycles. The number of ether oxygens (including phenoxy) is 1. The van der Waals surface area contributed by atoms with Gasteiger partial charge in [0.05, 0.1) is 11.2 Å². The normalized spacial score (nSPS) is 22.0. The Morgan fingerprint density at radius 2 is 1.66 bits per heavy atom. The molecule has 3 rings (SSSR count). The summed E-state index contributed by atoms with van der Waals surface area (Å²) in [6.07, 6.45) is 5.92. The fraction of sp³-hybridized carbons (Fsp3) is 0.762. The number of carbonyl (C=O) groups excluding carboxylic acids is 1. The third-order valence-electron chi connectivity index (χ3n) is 5.96. The van der Waals surface area contributed by atoms with Crippen molar-refractivity contribution in [2.24, 2.45) is 5.92 Å². The lowest BCUT2D eigenvalue weighted by Gasteiger charge is -2.32. The first kappa shape index (κ1) is 22.0. The van der Waals surface area contributed by atoms with Gasteiger partial charge in [0.25, 0.3) is 0 Å². The molecule has 2 aliphatic rings. The first-order valence-corrected chi connectivity index (χ1v) is 10.5. The monoisotopic (exact) mass is 403 g/mol. The summed E-state index contributed by atoms with van der Waals surface area (Å²) < 4.78 is 17.6. The number of hydrogen-bond donors (Lipinski definition) is 0. The highest BCUT2D eigenvalue weighted by atomic mass is 16.7. The maximum Gasteiger partial charge on any atom is 0.498 e. The largest absolute Gasteiger partial charge is 0.498 e. The zero-order chi connectivity index (χ0) is 21.4. The second kappa shape index (κ2) is 7.87. The van der Waals surface area contributed by atoms with Gasteiger partial charge in [0, 0.05) is 37.4 Å². The maximum absolute atomic E-state index is 12.0. The van der Waals surface area contributed by atoms with Crippen LogP contribution in [0, 0.1) is 5.92 Å². The molecule has 8 heteroatoms. The molecule has 160 valence electrons. The van der Waals surface area contributed by atoms with Crippen LogP contribution in [0.3, 0.4) is 0 Å². The van der Waals surface area contributed by atoms with Crippen LogP contribution in [0.15, 0.2) is 12.4 Å². The van der Waals surface area contributed by atoms with Crippen LogP contribution in [-0.2, 0) is 18.8 Å². The van der Waals surface area contributed by atoms with Crippen molar-refractivity contribution >= 4 is 24.5 Å². The fourth-order valence-corrected chi connectivity index (χ4v) is 3.55. The Bertz CT molecular complexity index is 706. The number of piperidine rings is 1. The van der Waals surface area contributed by atoms with E-state index in [0.717, 1.165) is 31.4 Å². The standard InChI is InChI=1S/C21H34BN3O4/c1-19(2,3)27-17(26)12-15-8-10-25(11-9-15)18-23-13-16(14-24-18)22-28-20(4,5)21(6,7)29-22/h13-15H,8-12H2,1-7H3. The molecular formula is C21H34BN3O4. The summed E-state index contributed by atoms with van der Waals surface area (Å²) in [6.45, 7) is 15.5. The molecular weight excluding hydrogens is 369 g/mol. The summed E-state index contributed by atoms with van der Waals surface area (Å²) in [5.74, 6) is 0.949. The molecule has 29 heavy (non-hydrogen) atoms.